The number of aromatic nitrogens is 1. The molecule has 10 heteroatoms. The van der Waals surface area contributed by atoms with Gasteiger partial charge in [-0.2, -0.15) is 0 Å². The number of nitrogens with one attached hydrogen (secondary N) is 1. The van der Waals surface area contributed by atoms with E-state index in [1.165, 1.54) is 26.2 Å². The Bertz CT molecular complexity index is 808. The van der Waals surface area contributed by atoms with Gasteiger partial charge in [-0.1, -0.05) is 5.16 Å². The third kappa shape index (κ3) is 2.81. The SMILES string of the molecule is COc1ccc(C(=O)O)cc1NS(=O)(=O)c1c(N)noc1C. The second-order valence-corrected chi connectivity index (χ2v) is 5.90. The summed E-state index contributed by atoms with van der Waals surface area (Å²) in [5.74, 6) is -1.33. The maximum atomic E-state index is 12.4. The number of nitrogens with zero attached hydrogens (tertiary/aromatic N) is 1. The zero-order chi connectivity index (χ0) is 16.5. The summed E-state index contributed by atoms with van der Waals surface area (Å²) in [7, 11) is -2.78. The standard InChI is InChI=1S/C12H13N3O6S/c1-6-10(11(13)14-21-6)22(18,19)15-8-5-7(12(16)17)3-4-9(8)20-2/h3-5,15H,1-2H3,(H2,13,14)(H,16,17). The lowest BCUT2D eigenvalue weighted by Gasteiger charge is -2.12. The normalized spacial score (nSPS) is 11.2. The van der Waals surface area contributed by atoms with Crippen LogP contribution in [0.3, 0.4) is 0 Å². The number of carbonyl (C=O) groups is 1. The molecule has 0 bridgehead atoms. The van der Waals surface area contributed by atoms with Gasteiger partial charge in [0.2, 0.25) is 0 Å². The highest BCUT2D eigenvalue weighted by molar-refractivity contribution is 7.93. The summed E-state index contributed by atoms with van der Waals surface area (Å²) in [4.78, 5) is 10.7. The first-order valence-electron chi connectivity index (χ1n) is 5.92. The van der Waals surface area contributed by atoms with Crippen LogP contribution in [0.4, 0.5) is 11.5 Å². The van der Waals surface area contributed by atoms with Crippen molar-refractivity contribution >= 4 is 27.5 Å². The summed E-state index contributed by atoms with van der Waals surface area (Å²) in [6.45, 7) is 1.39. The molecule has 0 aliphatic carbocycles. The molecule has 0 aliphatic rings. The number of sulfonamides is 1. The quantitative estimate of drug-likeness (QED) is 0.739. The Kier molecular flexibility index (Phi) is 3.95. The van der Waals surface area contributed by atoms with Crippen LogP contribution in [0.2, 0.25) is 0 Å². The number of carboxylic acids is 1. The molecule has 1 heterocycles. The smallest absolute Gasteiger partial charge is 0.335 e. The van der Waals surface area contributed by atoms with E-state index in [1.54, 1.807) is 0 Å². The zero-order valence-corrected chi connectivity index (χ0v) is 12.5. The molecule has 0 saturated carbocycles. The highest BCUT2D eigenvalue weighted by Crippen LogP contribution is 2.30. The van der Waals surface area contributed by atoms with Gasteiger partial charge in [-0.25, -0.2) is 13.2 Å². The number of nitrogens with two attached hydrogens (primary N) is 1. The van der Waals surface area contributed by atoms with Crippen molar-refractivity contribution in [2.45, 2.75) is 11.8 Å². The van der Waals surface area contributed by atoms with Crippen LogP contribution in [0.25, 0.3) is 0 Å². The molecule has 0 saturated heterocycles. The molecule has 0 atom stereocenters. The van der Waals surface area contributed by atoms with Crippen molar-refractivity contribution in [2.75, 3.05) is 17.6 Å². The van der Waals surface area contributed by atoms with Crippen LogP contribution in [-0.4, -0.2) is 31.8 Å². The van der Waals surface area contributed by atoms with Crippen molar-refractivity contribution in [1.29, 1.82) is 0 Å². The maximum absolute atomic E-state index is 12.4. The Morgan fingerprint density at radius 3 is 2.64 bits per heavy atom. The molecule has 0 fully saturated rings. The summed E-state index contributed by atoms with van der Waals surface area (Å²) in [6.07, 6.45) is 0. The van der Waals surface area contributed by atoms with Crippen LogP contribution in [0.1, 0.15) is 16.1 Å². The van der Waals surface area contributed by atoms with E-state index in [0.717, 1.165) is 6.07 Å². The molecule has 9 nitrogen and oxygen atoms in total. The van der Waals surface area contributed by atoms with E-state index in [0.29, 0.717) is 0 Å². The molecule has 0 unspecified atom stereocenters. The maximum Gasteiger partial charge on any atom is 0.335 e. The first-order chi connectivity index (χ1) is 10.3. The Labute approximate surface area is 125 Å². The van der Waals surface area contributed by atoms with Gasteiger partial charge in [-0.05, 0) is 25.1 Å². The first kappa shape index (κ1) is 15.6. The average molecular weight is 327 g/mol. The van der Waals surface area contributed by atoms with Gasteiger partial charge in [0.25, 0.3) is 10.0 Å². The molecular formula is C12H13N3O6S. The minimum absolute atomic E-state index is 0.0124. The average Bonchev–Trinajstić information content (AvgIpc) is 2.78. The number of benzene rings is 1. The lowest BCUT2D eigenvalue weighted by Crippen LogP contribution is -2.16. The Hall–Kier alpha value is -2.75. The van der Waals surface area contributed by atoms with Crippen LogP contribution in [-0.2, 0) is 10.0 Å². The van der Waals surface area contributed by atoms with E-state index < -0.39 is 16.0 Å². The first-order valence-corrected chi connectivity index (χ1v) is 7.40. The van der Waals surface area contributed by atoms with Crippen molar-refractivity contribution in [3.63, 3.8) is 0 Å². The molecule has 0 radical (unpaired) electrons. The fourth-order valence-electron chi connectivity index (χ4n) is 1.82. The number of carboxylic acid groups (broad SMARTS) is 1. The summed E-state index contributed by atoms with van der Waals surface area (Å²) >= 11 is 0. The zero-order valence-electron chi connectivity index (χ0n) is 11.7. The topological polar surface area (TPSA) is 145 Å². The Balaban J connectivity index is 2.49. The fourth-order valence-corrected chi connectivity index (χ4v) is 3.10. The minimum atomic E-state index is -4.11. The molecule has 0 spiro atoms. The van der Waals surface area contributed by atoms with E-state index in [1.807, 2.05) is 0 Å². The number of anilines is 2. The van der Waals surface area contributed by atoms with Gasteiger partial charge in [-0.3, -0.25) is 4.72 Å². The highest BCUT2D eigenvalue weighted by atomic mass is 32.2. The molecule has 22 heavy (non-hydrogen) atoms. The molecule has 0 amide bonds. The van der Waals surface area contributed by atoms with E-state index in [2.05, 4.69) is 9.88 Å². The van der Waals surface area contributed by atoms with Crippen LogP contribution < -0.4 is 15.2 Å². The third-order valence-corrected chi connectivity index (χ3v) is 4.32. The predicted molar refractivity (Wildman–Crippen MR) is 76.4 cm³/mol. The number of aromatic carboxylic acids is 1. The number of aryl methyl sites for hydroxylation is 1. The van der Waals surface area contributed by atoms with Crippen molar-refractivity contribution in [2.24, 2.45) is 0 Å². The van der Waals surface area contributed by atoms with Gasteiger partial charge in [0.15, 0.2) is 16.5 Å². The largest absolute Gasteiger partial charge is 0.495 e. The lowest BCUT2D eigenvalue weighted by molar-refractivity contribution is 0.0697. The van der Waals surface area contributed by atoms with E-state index in [9.17, 15) is 13.2 Å². The second kappa shape index (κ2) is 5.56. The molecule has 4 N–H and O–H groups in total. The fraction of sp³-hybridized carbons (Fsp3) is 0.167. The molecule has 2 rings (SSSR count). The predicted octanol–water partition coefficient (Wildman–Crippen LogP) is 1.07. The summed E-state index contributed by atoms with van der Waals surface area (Å²) in [5, 5.41) is 12.4. The number of rotatable bonds is 5. The van der Waals surface area contributed by atoms with Gasteiger partial charge in [0, 0.05) is 0 Å². The van der Waals surface area contributed by atoms with Crippen molar-refractivity contribution < 1.29 is 27.6 Å². The highest BCUT2D eigenvalue weighted by Gasteiger charge is 2.26. The number of hydrogen-bond donors (Lipinski definition) is 3. The summed E-state index contributed by atoms with van der Waals surface area (Å²) in [5.41, 5.74) is 5.34. The Morgan fingerprint density at radius 1 is 1.45 bits per heavy atom. The molecule has 1 aromatic carbocycles. The van der Waals surface area contributed by atoms with Crippen LogP contribution >= 0.6 is 0 Å². The van der Waals surface area contributed by atoms with Gasteiger partial charge < -0.3 is 20.1 Å². The van der Waals surface area contributed by atoms with Crippen molar-refractivity contribution in [3.8, 4) is 5.75 Å². The van der Waals surface area contributed by atoms with Gasteiger partial charge in [-0.15, -0.1) is 0 Å². The van der Waals surface area contributed by atoms with Gasteiger partial charge in [0.05, 0.1) is 18.4 Å². The molecular weight excluding hydrogens is 314 g/mol. The molecule has 118 valence electrons. The third-order valence-electron chi connectivity index (χ3n) is 2.79. The minimum Gasteiger partial charge on any atom is -0.495 e. The van der Waals surface area contributed by atoms with E-state index in [-0.39, 0.29) is 33.5 Å². The number of ether oxygens (including phenoxy) is 1. The van der Waals surface area contributed by atoms with Crippen molar-refractivity contribution in [1.82, 2.24) is 5.16 Å². The number of hydrogen-bond acceptors (Lipinski definition) is 7. The number of methoxy groups -OCH3 is 1. The van der Waals surface area contributed by atoms with E-state index >= 15 is 0 Å². The second-order valence-electron chi connectivity index (χ2n) is 4.28. The van der Waals surface area contributed by atoms with Crippen molar-refractivity contribution in [3.05, 3.63) is 29.5 Å². The monoisotopic (exact) mass is 327 g/mol. The van der Waals surface area contributed by atoms with Crippen LogP contribution in [0.5, 0.6) is 5.75 Å². The molecule has 2 aromatic rings. The van der Waals surface area contributed by atoms with Gasteiger partial charge in [0.1, 0.15) is 5.75 Å². The Morgan fingerprint density at radius 2 is 2.14 bits per heavy atom. The number of nitrogen functional groups attached to an aromatic ring is 1. The summed E-state index contributed by atoms with van der Waals surface area (Å²) in [6, 6.07) is 3.76. The van der Waals surface area contributed by atoms with E-state index in [4.69, 9.17) is 20.1 Å². The van der Waals surface area contributed by atoms with Crippen LogP contribution in [0, 0.1) is 6.92 Å². The lowest BCUT2D eigenvalue weighted by atomic mass is 10.2. The van der Waals surface area contributed by atoms with Crippen LogP contribution in [0.15, 0.2) is 27.6 Å². The van der Waals surface area contributed by atoms with Gasteiger partial charge >= 0.3 is 5.97 Å². The molecule has 1 aromatic heterocycles. The molecule has 0 aliphatic heterocycles. The summed E-state index contributed by atoms with van der Waals surface area (Å²) < 4.78 is 36.7.